The molecule has 122 valence electrons. The Labute approximate surface area is 143 Å². The van der Waals surface area contributed by atoms with Crippen LogP contribution in [0.4, 0.5) is 5.69 Å². The summed E-state index contributed by atoms with van der Waals surface area (Å²) in [5.41, 5.74) is 3.01. The molecule has 0 fully saturated rings. The van der Waals surface area contributed by atoms with E-state index in [4.69, 9.17) is 14.6 Å². The van der Waals surface area contributed by atoms with E-state index in [2.05, 4.69) is 21.2 Å². The van der Waals surface area contributed by atoms with E-state index in [-0.39, 0.29) is 5.56 Å². The number of hydrogen-bond donors (Lipinski definition) is 2. The van der Waals surface area contributed by atoms with E-state index in [1.54, 1.807) is 32.4 Å². The normalized spacial score (nSPS) is 10.3. The van der Waals surface area contributed by atoms with Crippen LogP contribution in [-0.4, -0.2) is 25.3 Å². The molecule has 2 N–H and O–H groups in total. The number of rotatable bonds is 6. The van der Waals surface area contributed by atoms with Gasteiger partial charge in [0.25, 0.3) is 0 Å². The molecule has 0 amide bonds. The number of anilines is 1. The lowest BCUT2D eigenvalue weighted by Crippen LogP contribution is -2.04. The van der Waals surface area contributed by atoms with Gasteiger partial charge in [-0.15, -0.1) is 0 Å². The van der Waals surface area contributed by atoms with Gasteiger partial charge in [0.15, 0.2) is 11.5 Å². The first-order valence-corrected chi connectivity index (χ1v) is 7.73. The van der Waals surface area contributed by atoms with Crippen LogP contribution in [0.2, 0.25) is 0 Å². The van der Waals surface area contributed by atoms with Crippen molar-refractivity contribution in [2.75, 3.05) is 19.5 Å². The lowest BCUT2D eigenvalue weighted by molar-refractivity contribution is 0.0697. The van der Waals surface area contributed by atoms with E-state index < -0.39 is 5.97 Å². The highest BCUT2D eigenvalue weighted by Gasteiger charge is 2.11. The van der Waals surface area contributed by atoms with Gasteiger partial charge in [-0.25, -0.2) is 4.79 Å². The van der Waals surface area contributed by atoms with E-state index in [9.17, 15) is 4.79 Å². The van der Waals surface area contributed by atoms with Gasteiger partial charge >= 0.3 is 5.97 Å². The molecule has 0 saturated carbocycles. The van der Waals surface area contributed by atoms with Gasteiger partial charge < -0.3 is 19.9 Å². The van der Waals surface area contributed by atoms with Gasteiger partial charge in [-0.2, -0.15) is 0 Å². The van der Waals surface area contributed by atoms with Crippen molar-refractivity contribution in [2.24, 2.45) is 0 Å². The molecule has 0 unspecified atom stereocenters. The number of carboxylic acid groups (broad SMARTS) is 1. The predicted molar refractivity (Wildman–Crippen MR) is 92.7 cm³/mol. The quantitative estimate of drug-likeness (QED) is 0.790. The smallest absolute Gasteiger partial charge is 0.335 e. The molecule has 0 atom stereocenters. The van der Waals surface area contributed by atoms with Crippen LogP contribution in [0, 0.1) is 6.92 Å². The highest BCUT2D eigenvalue weighted by atomic mass is 79.9. The predicted octanol–water partition coefficient (Wildman–Crippen LogP) is 4.09. The first-order valence-electron chi connectivity index (χ1n) is 6.94. The highest BCUT2D eigenvalue weighted by Crippen LogP contribution is 2.36. The molecule has 5 nitrogen and oxygen atoms in total. The molecule has 2 rings (SSSR count). The summed E-state index contributed by atoms with van der Waals surface area (Å²) in [4.78, 5) is 11.1. The third kappa shape index (κ3) is 3.96. The summed E-state index contributed by atoms with van der Waals surface area (Å²) >= 11 is 3.46. The van der Waals surface area contributed by atoms with Crippen LogP contribution in [0.3, 0.4) is 0 Å². The summed E-state index contributed by atoms with van der Waals surface area (Å²) in [6, 6.07) is 8.83. The molecule has 2 aromatic rings. The van der Waals surface area contributed by atoms with Crippen LogP contribution in [0.5, 0.6) is 11.5 Å². The summed E-state index contributed by atoms with van der Waals surface area (Å²) < 4.78 is 11.4. The molecule has 0 heterocycles. The Balaban J connectivity index is 2.23. The zero-order chi connectivity index (χ0) is 17.0. The van der Waals surface area contributed by atoms with E-state index >= 15 is 0 Å². The fourth-order valence-electron chi connectivity index (χ4n) is 2.22. The SMILES string of the molecule is COc1cc(CNc2cc(C(=O)O)ccc2C)cc(Br)c1OC. The molecule has 0 radical (unpaired) electrons. The summed E-state index contributed by atoms with van der Waals surface area (Å²) in [5, 5.41) is 12.3. The van der Waals surface area contributed by atoms with Gasteiger partial charge in [-0.05, 0) is 58.2 Å². The fraction of sp³-hybridized carbons (Fsp3) is 0.235. The van der Waals surface area contributed by atoms with Crippen molar-refractivity contribution in [3.63, 3.8) is 0 Å². The average Bonchev–Trinajstić information content (AvgIpc) is 2.53. The van der Waals surface area contributed by atoms with Crippen molar-refractivity contribution < 1.29 is 19.4 Å². The Morgan fingerprint density at radius 1 is 1.22 bits per heavy atom. The number of hydrogen-bond acceptors (Lipinski definition) is 4. The van der Waals surface area contributed by atoms with Crippen molar-refractivity contribution in [1.29, 1.82) is 0 Å². The molecule has 0 aliphatic heterocycles. The van der Waals surface area contributed by atoms with E-state index in [0.29, 0.717) is 18.0 Å². The van der Waals surface area contributed by atoms with E-state index in [0.717, 1.165) is 21.3 Å². The van der Waals surface area contributed by atoms with Gasteiger partial charge in [0.2, 0.25) is 0 Å². The second kappa shape index (κ2) is 7.37. The Hall–Kier alpha value is -2.21. The fourth-order valence-corrected chi connectivity index (χ4v) is 2.87. The van der Waals surface area contributed by atoms with Crippen molar-refractivity contribution in [3.8, 4) is 11.5 Å². The maximum atomic E-state index is 11.1. The molecular weight excluding hydrogens is 362 g/mol. The molecular formula is C17H18BrNO4. The Morgan fingerprint density at radius 3 is 2.57 bits per heavy atom. The topological polar surface area (TPSA) is 67.8 Å². The van der Waals surface area contributed by atoms with Gasteiger partial charge in [0.1, 0.15) is 0 Å². The summed E-state index contributed by atoms with van der Waals surface area (Å²) in [6.45, 7) is 2.46. The van der Waals surface area contributed by atoms with Crippen molar-refractivity contribution in [2.45, 2.75) is 13.5 Å². The summed E-state index contributed by atoms with van der Waals surface area (Å²) in [5.74, 6) is 0.330. The largest absolute Gasteiger partial charge is 0.493 e. The number of carboxylic acids is 1. The second-order valence-electron chi connectivity index (χ2n) is 5.00. The van der Waals surface area contributed by atoms with Crippen LogP contribution >= 0.6 is 15.9 Å². The molecule has 0 bridgehead atoms. The van der Waals surface area contributed by atoms with Gasteiger partial charge in [-0.3, -0.25) is 0 Å². The zero-order valence-electron chi connectivity index (χ0n) is 13.1. The number of carbonyl (C=O) groups is 1. The minimum absolute atomic E-state index is 0.256. The van der Waals surface area contributed by atoms with E-state index in [1.165, 1.54) is 0 Å². The Kier molecular flexibility index (Phi) is 5.50. The van der Waals surface area contributed by atoms with Crippen LogP contribution < -0.4 is 14.8 Å². The molecule has 23 heavy (non-hydrogen) atoms. The lowest BCUT2D eigenvalue weighted by atomic mass is 10.1. The summed E-state index contributed by atoms with van der Waals surface area (Å²) in [6.07, 6.45) is 0. The number of halogens is 1. The Morgan fingerprint density at radius 2 is 1.96 bits per heavy atom. The number of aryl methyl sites for hydroxylation is 1. The average molecular weight is 380 g/mol. The number of nitrogens with one attached hydrogen (secondary N) is 1. The number of ether oxygens (including phenoxy) is 2. The monoisotopic (exact) mass is 379 g/mol. The van der Waals surface area contributed by atoms with Gasteiger partial charge in [-0.1, -0.05) is 6.07 Å². The van der Waals surface area contributed by atoms with Crippen LogP contribution in [-0.2, 0) is 6.54 Å². The van der Waals surface area contributed by atoms with E-state index in [1.807, 2.05) is 19.1 Å². The third-order valence-electron chi connectivity index (χ3n) is 3.46. The Bertz CT molecular complexity index is 731. The van der Waals surface area contributed by atoms with Crippen molar-refractivity contribution in [1.82, 2.24) is 0 Å². The standard InChI is InChI=1S/C17H18BrNO4/c1-10-4-5-12(17(20)21)8-14(10)19-9-11-6-13(18)16(23-3)15(7-11)22-2/h4-8,19H,9H2,1-3H3,(H,20,21). The van der Waals surface area contributed by atoms with Gasteiger partial charge in [0.05, 0.1) is 24.3 Å². The molecule has 6 heteroatoms. The maximum Gasteiger partial charge on any atom is 0.335 e. The van der Waals surface area contributed by atoms with Crippen LogP contribution in [0.1, 0.15) is 21.5 Å². The molecule has 2 aromatic carbocycles. The molecule has 0 saturated heterocycles. The number of methoxy groups -OCH3 is 2. The second-order valence-corrected chi connectivity index (χ2v) is 5.86. The summed E-state index contributed by atoms with van der Waals surface area (Å²) in [7, 11) is 3.17. The van der Waals surface area contributed by atoms with Crippen molar-refractivity contribution >= 4 is 27.6 Å². The maximum absolute atomic E-state index is 11.1. The first kappa shape index (κ1) is 17.1. The first-order chi connectivity index (χ1) is 11.0. The van der Waals surface area contributed by atoms with Crippen LogP contribution in [0.25, 0.3) is 0 Å². The molecule has 0 aromatic heterocycles. The highest BCUT2D eigenvalue weighted by molar-refractivity contribution is 9.10. The lowest BCUT2D eigenvalue weighted by Gasteiger charge is -2.14. The van der Waals surface area contributed by atoms with Crippen molar-refractivity contribution in [3.05, 3.63) is 51.5 Å². The molecule has 0 aliphatic rings. The minimum atomic E-state index is -0.943. The number of aromatic carboxylic acids is 1. The van der Waals surface area contributed by atoms with Gasteiger partial charge in [0, 0.05) is 12.2 Å². The zero-order valence-corrected chi connectivity index (χ0v) is 14.7. The molecule has 0 aliphatic carbocycles. The number of benzene rings is 2. The minimum Gasteiger partial charge on any atom is -0.493 e. The molecule has 0 spiro atoms. The van der Waals surface area contributed by atoms with Crippen LogP contribution in [0.15, 0.2) is 34.8 Å². The third-order valence-corrected chi connectivity index (χ3v) is 4.05.